The number of nitrogens with one attached hydrogen (secondary N) is 2. The van der Waals surface area contributed by atoms with Crippen LogP contribution in [0.4, 0.5) is 8.78 Å². The molecule has 0 amide bonds. The fourth-order valence-electron chi connectivity index (χ4n) is 3.25. The van der Waals surface area contributed by atoms with Gasteiger partial charge in [0.05, 0.1) is 12.7 Å². The maximum atomic E-state index is 13.7. The smallest absolute Gasteiger partial charge is 0.191 e. The van der Waals surface area contributed by atoms with Crippen LogP contribution in [0.3, 0.4) is 0 Å². The molecule has 1 saturated heterocycles. The van der Waals surface area contributed by atoms with Crippen molar-refractivity contribution in [3.05, 3.63) is 35.4 Å². The van der Waals surface area contributed by atoms with E-state index in [-0.39, 0.29) is 35.9 Å². The molecule has 1 aromatic rings. The van der Waals surface area contributed by atoms with Gasteiger partial charge in [-0.05, 0) is 63.8 Å². The summed E-state index contributed by atoms with van der Waals surface area (Å²) in [5.74, 6) is -0.0692. The van der Waals surface area contributed by atoms with Crippen LogP contribution in [0.1, 0.15) is 39.2 Å². The van der Waals surface area contributed by atoms with Gasteiger partial charge in [-0.25, -0.2) is 8.78 Å². The minimum absolute atomic E-state index is 0. The van der Waals surface area contributed by atoms with Crippen LogP contribution in [0, 0.1) is 11.6 Å². The molecule has 0 aromatic heterocycles. The normalized spacial score (nSPS) is 16.0. The van der Waals surface area contributed by atoms with E-state index in [1.165, 1.54) is 6.07 Å². The van der Waals surface area contributed by atoms with Gasteiger partial charge in [0.2, 0.25) is 0 Å². The summed E-state index contributed by atoms with van der Waals surface area (Å²) in [6.07, 6.45) is 2.74. The van der Waals surface area contributed by atoms with Crippen molar-refractivity contribution in [3.63, 3.8) is 0 Å². The molecule has 0 bridgehead atoms. The molecule has 0 radical (unpaired) electrons. The van der Waals surface area contributed by atoms with E-state index in [4.69, 9.17) is 4.74 Å². The molecule has 1 aromatic carbocycles. The maximum Gasteiger partial charge on any atom is 0.191 e. The molecule has 0 atom stereocenters. The van der Waals surface area contributed by atoms with Crippen LogP contribution in [-0.4, -0.2) is 62.3 Å². The Kier molecular flexibility index (Phi) is 12.6. The molecule has 0 saturated carbocycles. The molecule has 0 unspecified atom stereocenters. The molecule has 0 aliphatic carbocycles. The van der Waals surface area contributed by atoms with E-state index in [2.05, 4.69) is 34.4 Å². The SMILES string of the molecule is CCNC(=NCCc1cc(F)ccc1F)NC1CCN(CCOC(C)C)CC1.I. The van der Waals surface area contributed by atoms with E-state index in [1.54, 1.807) is 0 Å². The first kappa shape index (κ1) is 26.0. The van der Waals surface area contributed by atoms with Crippen LogP contribution in [0.2, 0.25) is 0 Å². The van der Waals surface area contributed by atoms with E-state index in [1.807, 2.05) is 6.92 Å². The Hall–Kier alpha value is -1.00. The monoisotopic (exact) mass is 524 g/mol. The van der Waals surface area contributed by atoms with Gasteiger partial charge in [-0.15, -0.1) is 24.0 Å². The number of benzene rings is 1. The third-order valence-corrected chi connectivity index (χ3v) is 4.79. The number of hydrogen-bond acceptors (Lipinski definition) is 3. The highest BCUT2D eigenvalue weighted by atomic mass is 127. The van der Waals surface area contributed by atoms with Crippen molar-refractivity contribution in [2.45, 2.75) is 52.2 Å². The van der Waals surface area contributed by atoms with Crippen molar-refractivity contribution in [1.82, 2.24) is 15.5 Å². The van der Waals surface area contributed by atoms with E-state index in [9.17, 15) is 8.78 Å². The molecular formula is C21H35F2IN4O. The topological polar surface area (TPSA) is 48.9 Å². The van der Waals surface area contributed by atoms with Crippen molar-refractivity contribution >= 4 is 29.9 Å². The molecule has 2 rings (SSSR count). The van der Waals surface area contributed by atoms with Gasteiger partial charge in [0.25, 0.3) is 0 Å². The number of piperidine rings is 1. The number of ether oxygens (including phenoxy) is 1. The summed E-state index contributed by atoms with van der Waals surface area (Å²) in [4.78, 5) is 6.96. The molecule has 1 aliphatic heterocycles. The van der Waals surface area contributed by atoms with Crippen LogP contribution in [-0.2, 0) is 11.2 Å². The van der Waals surface area contributed by atoms with E-state index in [0.717, 1.165) is 63.7 Å². The third-order valence-electron chi connectivity index (χ3n) is 4.79. The maximum absolute atomic E-state index is 13.7. The zero-order valence-electron chi connectivity index (χ0n) is 17.7. The Bertz CT molecular complexity index is 623. The molecule has 5 nitrogen and oxygen atoms in total. The summed E-state index contributed by atoms with van der Waals surface area (Å²) in [5.41, 5.74) is 0.358. The van der Waals surface area contributed by atoms with Crippen molar-refractivity contribution in [1.29, 1.82) is 0 Å². The standard InChI is InChI=1S/C21H34F2N4O.HI/c1-4-24-21(25-10-7-17-15-18(22)5-6-20(17)23)26-19-8-11-27(12-9-19)13-14-28-16(2)3;/h5-6,15-16,19H,4,7-14H2,1-3H3,(H2,24,25,26);1H. The number of rotatable bonds is 9. The van der Waals surface area contributed by atoms with Crippen LogP contribution in [0.5, 0.6) is 0 Å². The van der Waals surface area contributed by atoms with Crippen LogP contribution < -0.4 is 10.6 Å². The van der Waals surface area contributed by atoms with Gasteiger partial charge >= 0.3 is 0 Å². The quantitative estimate of drug-likeness (QED) is 0.295. The summed E-state index contributed by atoms with van der Waals surface area (Å²) in [7, 11) is 0. The van der Waals surface area contributed by atoms with Gasteiger partial charge in [0.15, 0.2) is 5.96 Å². The summed E-state index contributed by atoms with van der Waals surface area (Å²) in [5, 5.41) is 6.71. The zero-order chi connectivity index (χ0) is 20.4. The van der Waals surface area contributed by atoms with Crippen molar-refractivity contribution < 1.29 is 13.5 Å². The fourth-order valence-corrected chi connectivity index (χ4v) is 3.25. The van der Waals surface area contributed by atoms with Crippen LogP contribution in [0.15, 0.2) is 23.2 Å². The molecule has 8 heteroatoms. The number of nitrogens with zero attached hydrogens (tertiary/aromatic N) is 2. The average Bonchev–Trinajstić information content (AvgIpc) is 2.66. The Balaban J connectivity index is 0.00000420. The van der Waals surface area contributed by atoms with Gasteiger partial charge in [0.1, 0.15) is 11.6 Å². The first-order valence-electron chi connectivity index (χ1n) is 10.3. The molecule has 1 heterocycles. The number of hydrogen-bond donors (Lipinski definition) is 2. The van der Waals surface area contributed by atoms with E-state index >= 15 is 0 Å². The van der Waals surface area contributed by atoms with Crippen LogP contribution >= 0.6 is 24.0 Å². The number of guanidine groups is 1. The summed E-state index contributed by atoms with van der Waals surface area (Å²) in [6, 6.07) is 3.91. The lowest BCUT2D eigenvalue weighted by Gasteiger charge is -2.33. The predicted molar refractivity (Wildman–Crippen MR) is 125 cm³/mol. The van der Waals surface area contributed by atoms with Gasteiger partial charge in [-0.2, -0.15) is 0 Å². The van der Waals surface area contributed by atoms with Crippen LogP contribution in [0.25, 0.3) is 0 Å². The number of halogens is 3. The summed E-state index contributed by atoms with van der Waals surface area (Å²) < 4.78 is 32.6. The van der Waals surface area contributed by atoms with Gasteiger partial charge in [-0.1, -0.05) is 0 Å². The molecular weight excluding hydrogens is 489 g/mol. The average molecular weight is 524 g/mol. The molecule has 29 heavy (non-hydrogen) atoms. The van der Waals surface area contributed by atoms with Crippen molar-refractivity contribution in [3.8, 4) is 0 Å². The Morgan fingerprint density at radius 3 is 2.66 bits per heavy atom. The van der Waals surface area contributed by atoms with Gasteiger partial charge in [0, 0.05) is 38.8 Å². The molecule has 0 spiro atoms. The molecule has 166 valence electrons. The zero-order valence-corrected chi connectivity index (χ0v) is 20.0. The Morgan fingerprint density at radius 2 is 2.00 bits per heavy atom. The highest BCUT2D eigenvalue weighted by Crippen LogP contribution is 2.11. The van der Waals surface area contributed by atoms with E-state index in [0.29, 0.717) is 24.6 Å². The number of aliphatic imine (C=N–C) groups is 1. The lowest BCUT2D eigenvalue weighted by atomic mass is 10.1. The number of likely N-dealkylation sites (tertiary alicyclic amines) is 1. The highest BCUT2D eigenvalue weighted by Gasteiger charge is 2.19. The Morgan fingerprint density at radius 1 is 1.28 bits per heavy atom. The minimum Gasteiger partial charge on any atom is -0.377 e. The van der Waals surface area contributed by atoms with Gasteiger partial charge in [-0.3, -0.25) is 4.99 Å². The predicted octanol–water partition coefficient (Wildman–Crippen LogP) is 3.57. The van der Waals surface area contributed by atoms with E-state index < -0.39 is 5.82 Å². The fraction of sp³-hybridized carbons (Fsp3) is 0.667. The second kappa shape index (κ2) is 14.1. The first-order chi connectivity index (χ1) is 13.5. The summed E-state index contributed by atoms with van der Waals surface area (Å²) >= 11 is 0. The lowest BCUT2D eigenvalue weighted by molar-refractivity contribution is 0.0532. The lowest BCUT2D eigenvalue weighted by Crippen LogP contribution is -2.49. The molecule has 2 N–H and O–H groups in total. The summed E-state index contributed by atoms with van der Waals surface area (Å²) in [6.45, 7) is 11.1. The van der Waals surface area contributed by atoms with Crippen molar-refractivity contribution in [2.24, 2.45) is 4.99 Å². The van der Waals surface area contributed by atoms with Crippen molar-refractivity contribution in [2.75, 3.05) is 39.3 Å². The third kappa shape index (κ3) is 10.0. The first-order valence-corrected chi connectivity index (χ1v) is 10.3. The largest absolute Gasteiger partial charge is 0.377 e. The van der Waals surface area contributed by atoms with Gasteiger partial charge < -0.3 is 20.3 Å². The molecule has 1 fully saturated rings. The second-order valence-electron chi connectivity index (χ2n) is 7.43. The Labute approximate surface area is 190 Å². The highest BCUT2D eigenvalue weighted by molar-refractivity contribution is 14.0. The minimum atomic E-state index is -0.420. The second-order valence-corrected chi connectivity index (χ2v) is 7.43. The molecule has 1 aliphatic rings.